The molecule has 1 aliphatic rings. The molecule has 2 aromatic rings. The number of carbonyl (C=O) groups is 3. The lowest BCUT2D eigenvalue weighted by atomic mass is 10.1. The number of nitrogens with zero attached hydrogens (tertiary/aromatic N) is 1. The van der Waals surface area contributed by atoms with E-state index in [4.69, 9.17) is 11.2 Å². The van der Waals surface area contributed by atoms with Crippen LogP contribution < -0.4 is 20.3 Å². The number of hydrogen-bond donors (Lipinski definition) is 2. The third-order valence-electron chi connectivity index (χ3n) is 4.39. The van der Waals surface area contributed by atoms with Gasteiger partial charge in [0, 0.05) is 18.7 Å². The van der Waals surface area contributed by atoms with E-state index in [2.05, 4.69) is 16.6 Å². The standard InChI is InChI=1S/C22H21N3O4/c1-2-13-23-22(28)18-6-3-4-7-19(18)24-20(26)15-29-17-11-9-16(10-12-17)25-14-5-8-21(25)27/h1,3-4,6-7,9-12H,5,8,13-15H2,(H,23,28)(H,24,26). The molecule has 0 aromatic heterocycles. The van der Waals surface area contributed by atoms with Crippen molar-refractivity contribution in [1.82, 2.24) is 5.32 Å². The third kappa shape index (κ3) is 5.14. The van der Waals surface area contributed by atoms with Crippen molar-refractivity contribution in [1.29, 1.82) is 0 Å². The van der Waals surface area contributed by atoms with Gasteiger partial charge in [-0.05, 0) is 42.8 Å². The summed E-state index contributed by atoms with van der Waals surface area (Å²) in [6, 6.07) is 13.7. The van der Waals surface area contributed by atoms with Crippen LogP contribution in [-0.2, 0) is 9.59 Å². The van der Waals surface area contributed by atoms with E-state index >= 15 is 0 Å². The number of rotatable bonds is 7. The summed E-state index contributed by atoms with van der Waals surface area (Å²) >= 11 is 0. The number of ether oxygens (including phenoxy) is 1. The Hall–Kier alpha value is -3.79. The van der Waals surface area contributed by atoms with Crippen molar-refractivity contribution in [2.45, 2.75) is 12.8 Å². The highest BCUT2D eigenvalue weighted by Crippen LogP contribution is 2.24. The number of nitrogens with one attached hydrogen (secondary N) is 2. The van der Waals surface area contributed by atoms with E-state index in [0.29, 0.717) is 23.4 Å². The van der Waals surface area contributed by atoms with Crippen molar-refractivity contribution in [3.63, 3.8) is 0 Å². The number of anilines is 2. The van der Waals surface area contributed by atoms with Crippen molar-refractivity contribution >= 4 is 29.1 Å². The number of terminal acetylenes is 1. The Morgan fingerprint density at radius 2 is 1.90 bits per heavy atom. The van der Waals surface area contributed by atoms with Gasteiger partial charge in [0.05, 0.1) is 17.8 Å². The molecule has 0 spiro atoms. The number of benzene rings is 2. The summed E-state index contributed by atoms with van der Waals surface area (Å²) in [5, 5.41) is 5.24. The Bertz CT molecular complexity index is 947. The molecule has 7 nitrogen and oxygen atoms in total. The van der Waals surface area contributed by atoms with Gasteiger partial charge in [0.25, 0.3) is 11.8 Å². The Morgan fingerprint density at radius 3 is 2.59 bits per heavy atom. The van der Waals surface area contributed by atoms with E-state index in [9.17, 15) is 14.4 Å². The first-order valence-corrected chi connectivity index (χ1v) is 9.22. The molecule has 0 unspecified atom stereocenters. The summed E-state index contributed by atoms with van der Waals surface area (Å²) in [7, 11) is 0. The highest BCUT2D eigenvalue weighted by Gasteiger charge is 2.21. The lowest BCUT2D eigenvalue weighted by Gasteiger charge is -2.16. The van der Waals surface area contributed by atoms with E-state index in [1.165, 1.54) is 0 Å². The zero-order chi connectivity index (χ0) is 20.6. The predicted octanol–water partition coefficient (Wildman–Crippen LogP) is 2.19. The molecular weight excluding hydrogens is 370 g/mol. The lowest BCUT2D eigenvalue weighted by molar-refractivity contribution is -0.118. The normalized spacial score (nSPS) is 12.9. The van der Waals surface area contributed by atoms with E-state index in [0.717, 1.165) is 18.7 Å². The first-order chi connectivity index (χ1) is 14.1. The van der Waals surface area contributed by atoms with Gasteiger partial charge in [-0.15, -0.1) is 6.42 Å². The van der Waals surface area contributed by atoms with Crippen molar-refractivity contribution in [3.8, 4) is 18.1 Å². The monoisotopic (exact) mass is 391 g/mol. The number of amides is 3. The molecule has 29 heavy (non-hydrogen) atoms. The number of hydrogen-bond acceptors (Lipinski definition) is 4. The number of para-hydroxylation sites is 1. The highest BCUT2D eigenvalue weighted by molar-refractivity contribution is 6.04. The van der Waals surface area contributed by atoms with Crippen molar-refractivity contribution in [3.05, 3.63) is 54.1 Å². The van der Waals surface area contributed by atoms with Crippen LogP contribution >= 0.6 is 0 Å². The van der Waals surface area contributed by atoms with Crippen molar-refractivity contribution in [2.24, 2.45) is 0 Å². The van der Waals surface area contributed by atoms with Gasteiger partial charge in [0.15, 0.2) is 6.61 Å². The van der Waals surface area contributed by atoms with Gasteiger partial charge in [0.1, 0.15) is 5.75 Å². The maximum atomic E-state index is 12.2. The van der Waals surface area contributed by atoms with Crippen molar-refractivity contribution < 1.29 is 19.1 Å². The van der Waals surface area contributed by atoms with Gasteiger partial charge in [-0.1, -0.05) is 18.1 Å². The lowest BCUT2D eigenvalue weighted by Crippen LogP contribution is -2.26. The topological polar surface area (TPSA) is 87.7 Å². The first-order valence-electron chi connectivity index (χ1n) is 9.22. The minimum atomic E-state index is -0.402. The SMILES string of the molecule is C#CCNC(=O)c1ccccc1NC(=O)COc1ccc(N2CCCC2=O)cc1. The fraction of sp³-hybridized carbons (Fsp3) is 0.227. The number of carbonyl (C=O) groups excluding carboxylic acids is 3. The maximum absolute atomic E-state index is 12.2. The molecule has 2 N–H and O–H groups in total. The van der Waals surface area contributed by atoms with E-state index < -0.39 is 5.91 Å². The second-order valence-electron chi connectivity index (χ2n) is 6.41. The molecular formula is C22H21N3O4. The van der Waals surface area contributed by atoms with Crippen molar-refractivity contribution in [2.75, 3.05) is 29.9 Å². The zero-order valence-corrected chi connectivity index (χ0v) is 15.8. The zero-order valence-electron chi connectivity index (χ0n) is 15.8. The predicted molar refractivity (Wildman–Crippen MR) is 110 cm³/mol. The van der Waals surface area contributed by atoms with Gasteiger partial charge in [0.2, 0.25) is 5.91 Å². The van der Waals surface area contributed by atoms with Crippen LogP contribution in [0, 0.1) is 12.3 Å². The second kappa shape index (κ2) is 9.42. The molecule has 3 rings (SSSR count). The summed E-state index contributed by atoms with van der Waals surface area (Å²) in [6.07, 6.45) is 6.58. The molecule has 1 saturated heterocycles. The summed E-state index contributed by atoms with van der Waals surface area (Å²) in [5.41, 5.74) is 1.51. The summed E-state index contributed by atoms with van der Waals surface area (Å²) in [4.78, 5) is 37.9. The van der Waals surface area contributed by atoms with Crippen LogP contribution in [0.25, 0.3) is 0 Å². The third-order valence-corrected chi connectivity index (χ3v) is 4.39. The second-order valence-corrected chi connectivity index (χ2v) is 6.41. The minimum Gasteiger partial charge on any atom is -0.484 e. The summed E-state index contributed by atoms with van der Waals surface area (Å²) in [6.45, 7) is 0.599. The quantitative estimate of drug-likeness (QED) is 0.709. The molecule has 148 valence electrons. The molecule has 0 bridgehead atoms. The molecule has 0 atom stereocenters. The van der Waals surface area contributed by atoms with E-state index in [1.807, 2.05) is 0 Å². The van der Waals surface area contributed by atoms with E-state index in [1.54, 1.807) is 53.4 Å². The molecule has 1 aliphatic heterocycles. The van der Waals surface area contributed by atoms with Crippen LogP contribution in [0.1, 0.15) is 23.2 Å². The van der Waals surface area contributed by atoms with Crippen LogP contribution in [0.4, 0.5) is 11.4 Å². The fourth-order valence-electron chi connectivity index (χ4n) is 3.00. The molecule has 7 heteroatoms. The minimum absolute atomic E-state index is 0.100. The Kier molecular flexibility index (Phi) is 6.48. The van der Waals surface area contributed by atoms with E-state index in [-0.39, 0.29) is 25.0 Å². The smallest absolute Gasteiger partial charge is 0.262 e. The summed E-state index contributed by atoms with van der Waals surface area (Å²) < 4.78 is 5.51. The van der Waals surface area contributed by atoms with Crippen LogP contribution in [0.5, 0.6) is 5.75 Å². The Morgan fingerprint density at radius 1 is 1.14 bits per heavy atom. The van der Waals surface area contributed by atoms with Crippen LogP contribution in [0.2, 0.25) is 0 Å². The van der Waals surface area contributed by atoms with Gasteiger partial charge < -0.3 is 20.3 Å². The molecule has 0 saturated carbocycles. The van der Waals surface area contributed by atoms with Gasteiger partial charge in [-0.25, -0.2) is 0 Å². The van der Waals surface area contributed by atoms with Gasteiger partial charge in [-0.3, -0.25) is 14.4 Å². The van der Waals surface area contributed by atoms with Crippen LogP contribution in [0.3, 0.4) is 0 Å². The fourth-order valence-corrected chi connectivity index (χ4v) is 3.00. The van der Waals surface area contributed by atoms with Crippen LogP contribution in [-0.4, -0.2) is 37.4 Å². The molecule has 0 radical (unpaired) electrons. The highest BCUT2D eigenvalue weighted by atomic mass is 16.5. The molecule has 1 fully saturated rings. The Balaban J connectivity index is 1.56. The maximum Gasteiger partial charge on any atom is 0.262 e. The summed E-state index contributed by atoms with van der Waals surface area (Å²) in [5.74, 6) is 2.18. The first kappa shape index (κ1) is 20.0. The molecule has 2 aromatic carbocycles. The largest absolute Gasteiger partial charge is 0.484 e. The van der Waals surface area contributed by atoms with Crippen LogP contribution in [0.15, 0.2) is 48.5 Å². The molecule has 0 aliphatic carbocycles. The van der Waals surface area contributed by atoms with Gasteiger partial charge >= 0.3 is 0 Å². The average molecular weight is 391 g/mol. The average Bonchev–Trinajstić information content (AvgIpc) is 3.17. The Labute approximate surface area is 169 Å². The van der Waals surface area contributed by atoms with Gasteiger partial charge in [-0.2, -0.15) is 0 Å². The molecule has 3 amide bonds. The molecule has 1 heterocycles.